The highest BCUT2D eigenvalue weighted by atomic mass is 19.4. The van der Waals surface area contributed by atoms with E-state index in [2.05, 4.69) is 9.88 Å². The maximum absolute atomic E-state index is 12.7. The SMILES string of the molecule is FC(F)(F)c1ccc2[nH]cc(CCN3CCC3)c2c1. The molecule has 0 amide bonds. The fourth-order valence-corrected chi connectivity index (χ4v) is 2.45. The second kappa shape index (κ2) is 4.56. The third-order valence-corrected chi connectivity index (χ3v) is 3.74. The Morgan fingerprint density at radius 2 is 2.00 bits per heavy atom. The van der Waals surface area contributed by atoms with E-state index in [9.17, 15) is 13.2 Å². The van der Waals surface area contributed by atoms with Gasteiger partial charge in [-0.15, -0.1) is 0 Å². The summed E-state index contributed by atoms with van der Waals surface area (Å²) < 4.78 is 38.1. The van der Waals surface area contributed by atoms with E-state index in [1.54, 1.807) is 0 Å². The van der Waals surface area contributed by atoms with E-state index in [1.165, 1.54) is 18.6 Å². The van der Waals surface area contributed by atoms with Gasteiger partial charge in [0.15, 0.2) is 0 Å². The molecule has 1 aliphatic heterocycles. The minimum Gasteiger partial charge on any atom is -0.361 e. The number of likely N-dealkylation sites (tertiary alicyclic amines) is 1. The molecule has 1 N–H and O–H groups in total. The van der Waals surface area contributed by atoms with Gasteiger partial charge in [0.2, 0.25) is 0 Å². The van der Waals surface area contributed by atoms with E-state index in [0.29, 0.717) is 5.39 Å². The van der Waals surface area contributed by atoms with Gasteiger partial charge in [-0.2, -0.15) is 13.2 Å². The monoisotopic (exact) mass is 268 g/mol. The number of nitrogens with one attached hydrogen (secondary N) is 1. The number of aromatic nitrogens is 1. The Balaban J connectivity index is 1.86. The molecule has 1 aromatic heterocycles. The predicted molar refractivity (Wildman–Crippen MR) is 68.1 cm³/mol. The van der Waals surface area contributed by atoms with Crippen LogP contribution in [0.3, 0.4) is 0 Å². The number of halogens is 3. The third kappa shape index (κ3) is 2.47. The van der Waals surface area contributed by atoms with E-state index in [1.807, 2.05) is 6.20 Å². The number of hydrogen-bond donors (Lipinski definition) is 1. The van der Waals surface area contributed by atoms with Crippen molar-refractivity contribution in [1.29, 1.82) is 0 Å². The lowest BCUT2D eigenvalue weighted by atomic mass is 10.1. The number of H-pyrrole nitrogens is 1. The van der Waals surface area contributed by atoms with Gasteiger partial charge in [0.25, 0.3) is 0 Å². The van der Waals surface area contributed by atoms with Gasteiger partial charge in [-0.1, -0.05) is 0 Å². The van der Waals surface area contributed by atoms with Gasteiger partial charge in [-0.05, 0) is 49.7 Å². The van der Waals surface area contributed by atoms with Gasteiger partial charge in [0.05, 0.1) is 5.56 Å². The van der Waals surface area contributed by atoms with Crippen LogP contribution in [0.4, 0.5) is 13.2 Å². The molecule has 0 aliphatic carbocycles. The van der Waals surface area contributed by atoms with Crippen LogP contribution in [-0.4, -0.2) is 29.5 Å². The van der Waals surface area contributed by atoms with E-state index >= 15 is 0 Å². The molecule has 0 radical (unpaired) electrons. The van der Waals surface area contributed by atoms with Crippen molar-refractivity contribution in [2.75, 3.05) is 19.6 Å². The molecule has 0 saturated carbocycles. The summed E-state index contributed by atoms with van der Waals surface area (Å²) in [7, 11) is 0. The minimum atomic E-state index is -4.28. The number of fused-ring (bicyclic) bond motifs is 1. The van der Waals surface area contributed by atoms with Gasteiger partial charge in [0, 0.05) is 23.6 Å². The highest BCUT2D eigenvalue weighted by Crippen LogP contribution is 2.32. The summed E-state index contributed by atoms with van der Waals surface area (Å²) in [5.41, 5.74) is 1.16. The van der Waals surface area contributed by atoms with Crippen molar-refractivity contribution in [3.05, 3.63) is 35.5 Å². The first-order valence-electron chi connectivity index (χ1n) is 6.43. The molecule has 2 nitrogen and oxygen atoms in total. The van der Waals surface area contributed by atoms with Gasteiger partial charge < -0.3 is 9.88 Å². The number of rotatable bonds is 3. The van der Waals surface area contributed by atoms with Crippen LogP contribution in [-0.2, 0) is 12.6 Å². The van der Waals surface area contributed by atoms with Gasteiger partial charge in [-0.3, -0.25) is 0 Å². The Kier molecular flexibility index (Phi) is 3.01. The van der Waals surface area contributed by atoms with Crippen LogP contribution in [0, 0.1) is 0 Å². The molecule has 0 unspecified atom stereocenters. The van der Waals surface area contributed by atoms with Crippen LogP contribution in [0.2, 0.25) is 0 Å². The predicted octanol–water partition coefficient (Wildman–Crippen LogP) is 3.43. The second-order valence-corrected chi connectivity index (χ2v) is 5.02. The van der Waals surface area contributed by atoms with E-state index in [-0.39, 0.29) is 0 Å². The molecule has 1 aliphatic rings. The third-order valence-electron chi connectivity index (χ3n) is 3.74. The maximum atomic E-state index is 12.7. The van der Waals surface area contributed by atoms with Crippen molar-refractivity contribution in [2.45, 2.75) is 19.0 Å². The van der Waals surface area contributed by atoms with Gasteiger partial charge >= 0.3 is 6.18 Å². The number of aromatic amines is 1. The van der Waals surface area contributed by atoms with Crippen LogP contribution >= 0.6 is 0 Å². The number of benzene rings is 1. The molecule has 2 heterocycles. The molecule has 19 heavy (non-hydrogen) atoms. The molecule has 0 spiro atoms. The van der Waals surface area contributed by atoms with Crippen LogP contribution < -0.4 is 0 Å². The lowest BCUT2D eigenvalue weighted by molar-refractivity contribution is -0.137. The summed E-state index contributed by atoms with van der Waals surface area (Å²) in [6.07, 6.45) is -0.432. The number of hydrogen-bond acceptors (Lipinski definition) is 1. The molecule has 1 saturated heterocycles. The Morgan fingerprint density at radius 1 is 1.21 bits per heavy atom. The summed E-state index contributed by atoms with van der Waals surface area (Å²) in [5.74, 6) is 0. The quantitative estimate of drug-likeness (QED) is 0.903. The maximum Gasteiger partial charge on any atom is 0.416 e. The number of alkyl halides is 3. The molecule has 0 bridgehead atoms. The lowest BCUT2D eigenvalue weighted by Gasteiger charge is -2.30. The van der Waals surface area contributed by atoms with E-state index < -0.39 is 11.7 Å². The summed E-state index contributed by atoms with van der Waals surface area (Å²) in [4.78, 5) is 5.35. The Morgan fingerprint density at radius 3 is 2.63 bits per heavy atom. The molecule has 3 rings (SSSR count). The van der Waals surface area contributed by atoms with E-state index in [0.717, 1.165) is 43.2 Å². The molecule has 1 aromatic carbocycles. The van der Waals surface area contributed by atoms with Crippen molar-refractivity contribution in [3.8, 4) is 0 Å². The fraction of sp³-hybridized carbons (Fsp3) is 0.429. The van der Waals surface area contributed by atoms with Crippen LogP contribution in [0.5, 0.6) is 0 Å². The van der Waals surface area contributed by atoms with E-state index in [4.69, 9.17) is 0 Å². The fourth-order valence-electron chi connectivity index (χ4n) is 2.45. The molecule has 2 aromatic rings. The minimum absolute atomic E-state index is 0.579. The first-order valence-corrected chi connectivity index (χ1v) is 6.43. The average Bonchev–Trinajstić information content (AvgIpc) is 2.68. The van der Waals surface area contributed by atoms with Crippen molar-refractivity contribution in [1.82, 2.24) is 9.88 Å². The lowest BCUT2D eigenvalue weighted by Crippen LogP contribution is -2.38. The van der Waals surface area contributed by atoms with Crippen molar-refractivity contribution in [3.63, 3.8) is 0 Å². The highest BCUT2D eigenvalue weighted by Gasteiger charge is 2.30. The summed E-state index contributed by atoms with van der Waals surface area (Å²) >= 11 is 0. The first-order chi connectivity index (χ1) is 9.04. The molecule has 1 fully saturated rings. The Hall–Kier alpha value is -1.49. The molecular formula is C14H15F3N2. The zero-order chi connectivity index (χ0) is 13.5. The zero-order valence-corrected chi connectivity index (χ0v) is 10.4. The van der Waals surface area contributed by atoms with Crippen LogP contribution in [0.1, 0.15) is 17.5 Å². The first kappa shape index (κ1) is 12.5. The summed E-state index contributed by atoms with van der Waals surface area (Å²) in [6, 6.07) is 3.88. The molecule has 5 heteroatoms. The van der Waals surface area contributed by atoms with Crippen molar-refractivity contribution < 1.29 is 13.2 Å². The Bertz CT molecular complexity index is 582. The normalized spacial score (nSPS) is 16.8. The average molecular weight is 268 g/mol. The van der Waals surface area contributed by atoms with Gasteiger partial charge in [-0.25, -0.2) is 0 Å². The van der Waals surface area contributed by atoms with Crippen molar-refractivity contribution in [2.24, 2.45) is 0 Å². The van der Waals surface area contributed by atoms with Crippen molar-refractivity contribution >= 4 is 10.9 Å². The smallest absolute Gasteiger partial charge is 0.361 e. The molecular weight excluding hydrogens is 253 g/mol. The van der Waals surface area contributed by atoms with Crippen LogP contribution in [0.15, 0.2) is 24.4 Å². The van der Waals surface area contributed by atoms with Crippen LogP contribution in [0.25, 0.3) is 10.9 Å². The molecule has 0 atom stereocenters. The second-order valence-electron chi connectivity index (χ2n) is 5.02. The summed E-state index contributed by atoms with van der Waals surface area (Å²) in [6.45, 7) is 3.13. The van der Waals surface area contributed by atoms with Gasteiger partial charge in [0.1, 0.15) is 0 Å². The highest BCUT2D eigenvalue weighted by molar-refractivity contribution is 5.84. The topological polar surface area (TPSA) is 19.0 Å². The summed E-state index contributed by atoms with van der Waals surface area (Å²) in [5, 5.41) is 0.690. The number of nitrogens with zero attached hydrogens (tertiary/aromatic N) is 1. The Labute approximate surface area is 109 Å². The standard InChI is InChI=1S/C14H15F3N2/c15-14(16,17)11-2-3-13-12(8-11)10(9-18-13)4-7-19-5-1-6-19/h2-3,8-9,18H,1,4-7H2. The zero-order valence-electron chi connectivity index (χ0n) is 10.4. The largest absolute Gasteiger partial charge is 0.416 e. The molecule has 102 valence electrons.